The van der Waals surface area contributed by atoms with Crippen LogP contribution < -0.4 is 5.73 Å². The van der Waals surface area contributed by atoms with Crippen molar-refractivity contribution < 1.29 is 0 Å². The fourth-order valence-corrected chi connectivity index (χ4v) is 2.06. The van der Waals surface area contributed by atoms with Crippen molar-refractivity contribution in [2.24, 2.45) is 11.7 Å². The van der Waals surface area contributed by atoms with Crippen LogP contribution in [0, 0.1) is 12.8 Å². The molecule has 0 aliphatic rings. The third-order valence-electron chi connectivity index (χ3n) is 3.63. The van der Waals surface area contributed by atoms with Crippen molar-refractivity contribution in [3.63, 3.8) is 0 Å². The van der Waals surface area contributed by atoms with Crippen LogP contribution in [0.3, 0.4) is 0 Å². The SMILES string of the molecule is CCC(CN)Cc1cc(C(C)(C)C)ccc1C. The van der Waals surface area contributed by atoms with Gasteiger partial charge in [-0.15, -0.1) is 0 Å². The summed E-state index contributed by atoms with van der Waals surface area (Å²) in [6, 6.07) is 6.87. The van der Waals surface area contributed by atoms with Crippen LogP contribution in [0.15, 0.2) is 18.2 Å². The largest absolute Gasteiger partial charge is 0.330 e. The third-order valence-corrected chi connectivity index (χ3v) is 3.63. The molecule has 0 bridgehead atoms. The zero-order valence-corrected chi connectivity index (χ0v) is 12.0. The van der Waals surface area contributed by atoms with Crippen molar-refractivity contribution in [2.75, 3.05) is 6.54 Å². The first-order valence-electron chi connectivity index (χ1n) is 6.68. The molecule has 0 saturated heterocycles. The fraction of sp³-hybridized carbons (Fsp3) is 0.625. The van der Waals surface area contributed by atoms with E-state index in [1.54, 1.807) is 0 Å². The summed E-state index contributed by atoms with van der Waals surface area (Å²) in [6.45, 7) is 12.0. The van der Waals surface area contributed by atoms with Gasteiger partial charge in [-0.1, -0.05) is 52.3 Å². The highest BCUT2D eigenvalue weighted by Crippen LogP contribution is 2.26. The first-order valence-corrected chi connectivity index (χ1v) is 6.68. The molecule has 0 fully saturated rings. The normalized spacial score (nSPS) is 13.8. The molecule has 1 heteroatoms. The maximum absolute atomic E-state index is 5.81. The molecule has 0 aliphatic heterocycles. The molecule has 0 aromatic heterocycles. The smallest absolute Gasteiger partial charge is 0.00458 e. The number of hydrogen-bond acceptors (Lipinski definition) is 1. The molecule has 96 valence electrons. The standard InChI is InChI=1S/C16H27N/c1-6-13(11-17)9-14-10-15(16(3,4)5)8-7-12(14)2/h7-8,10,13H,6,9,11,17H2,1-5H3. The number of aryl methyl sites for hydroxylation is 1. The Morgan fingerprint density at radius 3 is 2.35 bits per heavy atom. The minimum atomic E-state index is 0.229. The summed E-state index contributed by atoms with van der Waals surface area (Å²) in [7, 11) is 0. The first-order chi connectivity index (χ1) is 7.88. The van der Waals surface area contributed by atoms with Crippen LogP contribution >= 0.6 is 0 Å². The van der Waals surface area contributed by atoms with Crippen LogP contribution in [-0.4, -0.2) is 6.54 Å². The average Bonchev–Trinajstić information content (AvgIpc) is 2.26. The Morgan fingerprint density at radius 2 is 1.88 bits per heavy atom. The predicted octanol–water partition coefficient (Wildman–Crippen LogP) is 3.82. The Bertz CT molecular complexity index is 356. The average molecular weight is 233 g/mol. The highest BCUT2D eigenvalue weighted by atomic mass is 14.5. The van der Waals surface area contributed by atoms with Gasteiger partial charge in [-0.2, -0.15) is 0 Å². The molecule has 0 aliphatic carbocycles. The van der Waals surface area contributed by atoms with Gasteiger partial charge in [0.05, 0.1) is 0 Å². The quantitative estimate of drug-likeness (QED) is 0.840. The Hall–Kier alpha value is -0.820. The van der Waals surface area contributed by atoms with E-state index in [-0.39, 0.29) is 5.41 Å². The molecule has 2 N–H and O–H groups in total. The lowest BCUT2D eigenvalue weighted by atomic mass is 9.83. The van der Waals surface area contributed by atoms with E-state index < -0.39 is 0 Å². The molecule has 0 spiro atoms. The second-order valence-electron chi connectivity index (χ2n) is 6.11. The van der Waals surface area contributed by atoms with Crippen LogP contribution in [0.4, 0.5) is 0 Å². The number of hydrogen-bond donors (Lipinski definition) is 1. The molecule has 0 heterocycles. The van der Waals surface area contributed by atoms with Crippen LogP contribution in [0.2, 0.25) is 0 Å². The monoisotopic (exact) mass is 233 g/mol. The molecular formula is C16H27N. The van der Waals surface area contributed by atoms with Gasteiger partial charge in [0.1, 0.15) is 0 Å². The molecule has 1 nitrogen and oxygen atoms in total. The lowest BCUT2D eigenvalue weighted by Crippen LogP contribution is -2.17. The topological polar surface area (TPSA) is 26.0 Å². The van der Waals surface area contributed by atoms with Gasteiger partial charge in [-0.3, -0.25) is 0 Å². The molecule has 1 rings (SSSR count). The van der Waals surface area contributed by atoms with E-state index in [4.69, 9.17) is 5.73 Å². The summed E-state index contributed by atoms with van der Waals surface area (Å²) >= 11 is 0. The second kappa shape index (κ2) is 5.68. The summed E-state index contributed by atoms with van der Waals surface area (Å²) in [4.78, 5) is 0. The maximum atomic E-state index is 5.81. The Morgan fingerprint density at radius 1 is 1.24 bits per heavy atom. The molecular weight excluding hydrogens is 206 g/mol. The van der Waals surface area contributed by atoms with Crippen LogP contribution in [0.1, 0.15) is 50.8 Å². The van der Waals surface area contributed by atoms with Gasteiger partial charge in [0.2, 0.25) is 0 Å². The highest BCUT2D eigenvalue weighted by molar-refractivity contribution is 5.34. The lowest BCUT2D eigenvalue weighted by molar-refractivity contribution is 0.516. The van der Waals surface area contributed by atoms with Crippen molar-refractivity contribution >= 4 is 0 Å². The van der Waals surface area contributed by atoms with E-state index in [1.807, 2.05) is 0 Å². The molecule has 0 saturated carbocycles. The van der Waals surface area contributed by atoms with Crippen molar-refractivity contribution in [1.82, 2.24) is 0 Å². The zero-order valence-electron chi connectivity index (χ0n) is 12.0. The van der Waals surface area contributed by atoms with Crippen molar-refractivity contribution in [2.45, 2.75) is 52.9 Å². The number of benzene rings is 1. The predicted molar refractivity (Wildman–Crippen MR) is 76.4 cm³/mol. The number of nitrogens with two attached hydrogens (primary N) is 1. The zero-order chi connectivity index (χ0) is 13.1. The van der Waals surface area contributed by atoms with E-state index >= 15 is 0 Å². The summed E-state index contributed by atoms with van der Waals surface area (Å²) in [6.07, 6.45) is 2.28. The van der Waals surface area contributed by atoms with Gasteiger partial charge in [0.15, 0.2) is 0 Å². The summed E-state index contributed by atoms with van der Waals surface area (Å²) in [5.41, 5.74) is 10.3. The fourth-order valence-electron chi connectivity index (χ4n) is 2.06. The summed E-state index contributed by atoms with van der Waals surface area (Å²) < 4.78 is 0. The molecule has 1 atom stereocenters. The van der Waals surface area contributed by atoms with Gasteiger partial charge >= 0.3 is 0 Å². The third kappa shape index (κ3) is 3.85. The van der Waals surface area contributed by atoms with Gasteiger partial charge in [0, 0.05) is 0 Å². The highest BCUT2D eigenvalue weighted by Gasteiger charge is 2.15. The molecule has 1 aromatic rings. The van der Waals surface area contributed by atoms with E-state index in [9.17, 15) is 0 Å². The Labute approximate surface area is 106 Å². The Balaban J connectivity index is 2.98. The van der Waals surface area contributed by atoms with E-state index in [0.717, 1.165) is 19.4 Å². The molecule has 0 radical (unpaired) electrons. The van der Waals surface area contributed by atoms with Crippen molar-refractivity contribution in [3.8, 4) is 0 Å². The maximum Gasteiger partial charge on any atom is -0.00458 e. The van der Waals surface area contributed by atoms with Gasteiger partial charge in [-0.05, 0) is 47.9 Å². The molecule has 17 heavy (non-hydrogen) atoms. The number of rotatable bonds is 4. The Kier molecular flexibility index (Phi) is 4.76. The summed E-state index contributed by atoms with van der Waals surface area (Å²) in [5, 5.41) is 0. The lowest BCUT2D eigenvalue weighted by Gasteiger charge is -2.22. The van der Waals surface area contributed by atoms with Crippen LogP contribution in [0.5, 0.6) is 0 Å². The minimum absolute atomic E-state index is 0.229. The van der Waals surface area contributed by atoms with Gasteiger partial charge in [0.25, 0.3) is 0 Å². The van der Waals surface area contributed by atoms with Crippen molar-refractivity contribution in [3.05, 3.63) is 34.9 Å². The van der Waals surface area contributed by atoms with E-state index in [1.165, 1.54) is 16.7 Å². The van der Waals surface area contributed by atoms with E-state index in [0.29, 0.717) is 5.92 Å². The molecule has 1 aromatic carbocycles. The second-order valence-corrected chi connectivity index (χ2v) is 6.11. The van der Waals surface area contributed by atoms with Gasteiger partial charge in [-0.25, -0.2) is 0 Å². The molecule has 1 unspecified atom stereocenters. The van der Waals surface area contributed by atoms with Crippen LogP contribution in [0.25, 0.3) is 0 Å². The van der Waals surface area contributed by atoms with Crippen LogP contribution in [-0.2, 0) is 11.8 Å². The summed E-state index contributed by atoms with van der Waals surface area (Å²) in [5.74, 6) is 0.615. The minimum Gasteiger partial charge on any atom is -0.330 e. The first kappa shape index (κ1) is 14.2. The van der Waals surface area contributed by atoms with Gasteiger partial charge < -0.3 is 5.73 Å². The molecule has 0 amide bonds. The van der Waals surface area contributed by atoms with Crippen molar-refractivity contribution in [1.29, 1.82) is 0 Å². The van der Waals surface area contributed by atoms with E-state index in [2.05, 4.69) is 52.8 Å².